The van der Waals surface area contributed by atoms with Crippen LogP contribution in [-0.2, 0) is 0 Å². The average molecular weight is 309 g/mol. The van der Waals surface area contributed by atoms with E-state index in [2.05, 4.69) is 38.3 Å². The third-order valence-corrected chi connectivity index (χ3v) is 4.31. The van der Waals surface area contributed by atoms with E-state index < -0.39 is 0 Å². The van der Waals surface area contributed by atoms with Gasteiger partial charge in [-0.05, 0) is 37.1 Å². The monoisotopic (exact) mass is 308 g/mol. The molecule has 0 aromatic heterocycles. The van der Waals surface area contributed by atoms with E-state index in [4.69, 9.17) is 24.4 Å². The number of rotatable bonds is 6. The molecule has 0 heterocycles. The Labute approximate surface area is 133 Å². The van der Waals surface area contributed by atoms with E-state index in [1.807, 2.05) is 24.3 Å². The fourth-order valence-electron chi connectivity index (χ4n) is 1.83. The van der Waals surface area contributed by atoms with Crippen LogP contribution >= 0.6 is 24.4 Å². The average Bonchev–Trinajstić information content (AvgIpc) is 2.42. The van der Waals surface area contributed by atoms with Crippen molar-refractivity contribution < 1.29 is 0 Å². The molecule has 2 N–H and O–H groups in total. The molecule has 0 saturated heterocycles. The van der Waals surface area contributed by atoms with Gasteiger partial charge in [-0.3, -0.25) is 0 Å². The van der Waals surface area contributed by atoms with Gasteiger partial charge in [0.05, 0.1) is 9.98 Å². The van der Waals surface area contributed by atoms with Gasteiger partial charge in [0.15, 0.2) is 0 Å². The molecule has 1 aromatic carbocycles. The highest BCUT2D eigenvalue weighted by Crippen LogP contribution is 2.18. The maximum atomic E-state index is 5.45. The van der Waals surface area contributed by atoms with Gasteiger partial charge in [0, 0.05) is 23.2 Å². The van der Waals surface area contributed by atoms with Gasteiger partial charge in [-0.15, -0.1) is 0 Å². The molecule has 0 aliphatic rings. The molecule has 1 aromatic rings. The van der Waals surface area contributed by atoms with Gasteiger partial charge in [-0.2, -0.15) is 0 Å². The SMILES string of the molecule is CCC(CC)C(=S)Nc1ccc(NC(=S)C(C)C)cc1. The van der Waals surface area contributed by atoms with Crippen molar-refractivity contribution in [2.75, 3.05) is 10.6 Å². The lowest BCUT2D eigenvalue weighted by Gasteiger charge is -2.16. The summed E-state index contributed by atoms with van der Waals surface area (Å²) in [6, 6.07) is 8.10. The number of nitrogens with one attached hydrogen (secondary N) is 2. The molecule has 0 aliphatic carbocycles. The summed E-state index contributed by atoms with van der Waals surface area (Å²) in [7, 11) is 0. The van der Waals surface area contributed by atoms with Crippen LogP contribution in [0.2, 0.25) is 0 Å². The minimum Gasteiger partial charge on any atom is -0.350 e. The van der Waals surface area contributed by atoms with Crippen molar-refractivity contribution in [2.24, 2.45) is 11.8 Å². The second-order valence-corrected chi connectivity index (χ2v) is 6.10. The van der Waals surface area contributed by atoms with Crippen LogP contribution in [0.5, 0.6) is 0 Å². The number of anilines is 2. The van der Waals surface area contributed by atoms with Crippen molar-refractivity contribution in [3.8, 4) is 0 Å². The Bertz CT molecular complexity index is 448. The lowest BCUT2D eigenvalue weighted by molar-refractivity contribution is 0.649. The Morgan fingerprint density at radius 2 is 1.30 bits per heavy atom. The molecule has 0 unspecified atom stereocenters. The maximum absolute atomic E-state index is 5.45. The molecule has 0 amide bonds. The van der Waals surface area contributed by atoms with Crippen molar-refractivity contribution >= 4 is 45.8 Å². The Morgan fingerprint density at radius 1 is 0.900 bits per heavy atom. The Morgan fingerprint density at radius 3 is 1.65 bits per heavy atom. The van der Waals surface area contributed by atoms with E-state index >= 15 is 0 Å². The van der Waals surface area contributed by atoms with E-state index in [1.165, 1.54) is 0 Å². The van der Waals surface area contributed by atoms with Gasteiger partial charge >= 0.3 is 0 Å². The zero-order valence-corrected chi connectivity index (χ0v) is 14.3. The maximum Gasteiger partial charge on any atom is 0.0828 e. The lowest BCUT2D eigenvalue weighted by atomic mass is 10.0. The quantitative estimate of drug-likeness (QED) is 0.700. The number of hydrogen-bond donors (Lipinski definition) is 2. The van der Waals surface area contributed by atoms with Crippen molar-refractivity contribution in [1.29, 1.82) is 0 Å². The number of thiocarbonyl (C=S) groups is 2. The van der Waals surface area contributed by atoms with E-state index in [-0.39, 0.29) is 0 Å². The van der Waals surface area contributed by atoms with Crippen LogP contribution < -0.4 is 10.6 Å². The smallest absolute Gasteiger partial charge is 0.0828 e. The van der Waals surface area contributed by atoms with Gasteiger partial charge in [0.1, 0.15) is 0 Å². The molecule has 20 heavy (non-hydrogen) atoms. The summed E-state index contributed by atoms with van der Waals surface area (Å²) in [6.45, 7) is 8.50. The minimum atomic E-state index is 0.352. The third kappa shape index (κ3) is 5.17. The van der Waals surface area contributed by atoms with Crippen LogP contribution in [0.25, 0.3) is 0 Å². The standard InChI is InChI=1S/C16H24N2S2/c1-5-12(6-2)16(20)18-14-9-7-13(8-10-14)17-15(19)11(3)4/h7-12H,5-6H2,1-4H3,(H,17,19)(H,18,20). The Hall–Kier alpha value is -1.00. The normalized spacial score (nSPS) is 10.7. The van der Waals surface area contributed by atoms with Crippen LogP contribution in [0.3, 0.4) is 0 Å². The summed E-state index contributed by atoms with van der Waals surface area (Å²) < 4.78 is 0. The Kier molecular flexibility index (Phi) is 7.10. The van der Waals surface area contributed by atoms with Crippen molar-refractivity contribution in [3.05, 3.63) is 24.3 Å². The highest BCUT2D eigenvalue weighted by atomic mass is 32.1. The highest BCUT2D eigenvalue weighted by Gasteiger charge is 2.10. The van der Waals surface area contributed by atoms with Crippen LogP contribution in [-0.4, -0.2) is 9.98 Å². The molecule has 4 heteroatoms. The topological polar surface area (TPSA) is 24.1 Å². The third-order valence-electron chi connectivity index (χ3n) is 3.30. The molecule has 0 saturated carbocycles. The highest BCUT2D eigenvalue weighted by molar-refractivity contribution is 7.80. The molecular formula is C16H24N2S2. The van der Waals surface area contributed by atoms with E-state index in [9.17, 15) is 0 Å². The molecule has 0 radical (unpaired) electrons. The number of benzene rings is 1. The molecule has 110 valence electrons. The van der Waals surface area contributed by atoms with Crippen LogP contribution in [0.15, 0.2) is 24.3 Å². The lowest BCUT2D eigenvalue weighted by Crippen LogP contribution is -2.19. The largest absolute Gasteiger partial charge is 0.350 e. The predicted octanol–water partition coefficient (Wildman–Crippen LogP) is 5.26. The molecule has 0 fully saturated rings. The first kappa shape index (κ1) is 17.1. The van der Waals surface area contributed by atoms with E-state index in [0.717, 1.165) is 34.2 Å². The summed E-state index contributed by atoms with van der Waals surface area (Å²) in [4.78, 5) is 1.78. The molecular weight excluding hydrogens is 284 g/mol. The first-order valence-corrected chi connectivity index (χ1v) is 8.01. The van der Waals surface area contributed by atoms with Gasteiger partial charge in [0.2, 0.25) is 0 Å². The van der Waals surface area contributed by atoms with Crippen LogP contribution in [0.1, 0.15) is 40.5 Å². The van der Waals surface area contributed by atoms with Crippen molar-refractivity contribution in [2.45, 2.75) is 40.5 Å². The van der Waals surface area contributed by atoms with Crippen molar-refractivity contribution in [1.82, 2.24) is 0 Å². The summed E-state index contributed by atoms with van der Waals surface area (Å²) >= 11 is 10.7. The molecule has 1 rings (SSSR count). The van der Waals surface area contributed by atoms with Gasteiger partial charge in [-0.1, -0.05) is 52.1 Å². The first-order valence-electron chi connectivity index (χ1n) is 7.19. The van der Waals surface area contributed by atoms with Crippen LogP contribution in [0.4, 0.5) is 11.4 Å². The minimum absolute atomic E-state index is 0.352. The van der Waals surface area contributed by atoms with Crippen molar-refractivity contribution in [3.63, 3.8) is 0 Å². The number of hydrogen-bond acceptors (Lipinski definition) is 2. The van der Waals surface area contributed by atoms with E-state index in [1.54, 1.807) is 0 Å². The fraction of sp³-hybridized carbons (Fsp3) is 0.500. The summed E-state index contributed by atoms with van der Waals surface area (Å²) in [5, 5.41) is 6.56. The van der Waals surface area contributed by atoms with Gasteiger partial charge in [-0.25, -0.2) is 0 Å². The molecule has 0 spiro atoms. The fourth-order valence-corrected chi connectivity index (χ4v) is 2.40. The zero-order valence-electron chi connectivity index (χ0n) is 12.7. The second-order valence-electron chi connectivity index (χ2n) is 5.22. The summed E-state index contributed by atoms with van der Waals surface area (Å²) in [5.41, 5.74) is 2.05. The summed E-state index contributed by atoms with van der Waals surface area (Å²) in [5.74, 6) is 0.807. The van der Waals surface area contributed by atoms with Gasteiger partial charge in [0.25, 0.3) is 0 Å². The van der Waals surface area contributed by atoms with Gasteiger partial charge < -0.3 is 10.6 Å². The Balaban J connectivity index is 2.63. The molecule has 0 atom stereocenters. The second kappa shape index (κ2) is 8.32. The van der Waals surface area contributed by atoms with E-state index in [0.29, 0.717) is 11.8 Å². The molecule has 2 nitrogen and oxygen atoms in total. The van der Waals surface area contributed by atoms with Crippen LogP contribution in [0, 0.1) is 11.8 Å². The predicted molar refractivity (Wildman–Crippen MR) is 97.8 cm³/mol. The molecule has 0 aliphatic heterocycles. The summed E-state index contributed by atoms with van der Waals surface area (Å²) in [6.07, 6.45) is 2.15. The zero-order chi connectivity index (χ0) is 15.1. The first-order chi connectivity index (χ1) is 9.47. The molecule has 0 bridgehead atoms.